The molecule has 2 N–H and O–H groups in total. The summed E-state index contributed by atoms with van der Waals surface area (Å²) in [5.74, 6) is -0.551. The van der Waals surface area contributed by atoms with Crippen molar-refractivity contribution in [1.29, 1.82) is 0 Å². The molecule has 0 radical (unpaired) electrons. The second-order valence-electron chi connectivity index (χ2n) is 3.73. The van der Waals surface area contributed by atoms with Gasteiger partial charge < -0.3 is 10.6 Å². The molecule has 0 spiro atoms. The van der Waals surface area contributed by atoms with E-state index in [2.05, 4.69) is 15.9 Å². The highest BCUT2D eigenvalue weighted by molar-refractivity contribution is 9.10. The van der Waals surface area contributed by atoms with Crippen LogP contribution in [0.25, 0.3) is 0 Å². The molecule has 0 aliphatic heterocycles. The van der Waals surface area contributed by atoms with E-state index in [9.17, 15) is 9.18 Å². The zero-order valence-electron chi connectivity index (χ0n) is 9.95. The Bertz CT molecular complexity index is 467. The van der Waals surface area contributed by atoms with E-state index >= 15 is 0 Å². The topological polar surface area (TPSA) is 46.3 Å². The van der Waals surface area contributed by atoms with E-state index < -0.39 is 0 Å². The van der Waals surface area contributed by atoms with Gasteiger partial charge in [0, 0.05) is 24.0 Å². The minimum Gasteiger partial charge on any atom is -0.393 e. The number of benzene rings is 1. The molecule has 0 aliphatic carbocycles. The van der Waals surface area contributed by atoms with Crippen LogP contribution in [0.4, 0.5) is 4.39 Å². The summed E-state index contributed by atoms with van der Waals surface area (Å²) in [6.07, 6.45) is 0.480. The second kappa shape index (κ2) is 6.80. The first-order valence-electron chi connectivity index (χ1n) is 5.48. The number of carbonyl (C=O) groups is 1. The molecule has 0 aliphatic rings. The lowest BCUT2D eigenvalue weighted by Crippen LogP contribution is -2.33. The standard InChI is InChI=1S/C12H14BrFN2OS/c1-2-16(6-5-11(15)18)12(17)9-4-3-8(14)7-10(9)13/h3-4,7H,2,5-6H2,1H3,(H2,15,18). The van der Waals surface area contributed by atoms with Crippen molar-refractivity contribution in [1.82, 2.24) is 4.90 Å². The van der Waals surface area contributed by atoms with Gasteiger partial charge in [0.05, 0.1) is 10.6 Å². The van der Waals surface area contributed by atoms with Crippen LogP contribution in [0.2, 0.25) is 0 Å². The molecular weight excluding hydrogens is 319 g/mol. The summed E-state index contributed by atoms with van der Waals surface area (Å²) in [6, 6.07) is 4.00. The van der Waals surface area contributed by atoms with Gasteiger partial charge in [-0.2, -0.15) is 0 Å². The van der Waals surface area contributed by atoms with Crippen LogP contribution in [0.15, 0.2) is 22.7 Å². The zero-order chi connectivity index (χ0) is 13.7. The summed E-state index contributed by atoms with van der Waals surface area (Å²) < 4.78 is 13.4. The van der Waals surface area contributed by atoms with Gasteiger partial charge in [-0.15, -0.1) is 0 Å². The first kappa shape index (κ1) is 15.0. The first-order chi connectivity index (χ1) is 8.45. The van der Waals surface area contributed by atoms with Crippen molar-refractivity contribution in [2.75, 3.05) is 13.1 Å². The van der Waals surface area contributed by atoms with Gasteiger partial charge in [0.25, 0.3) is 5.91 Å². The van der Waals surface area contributed by atoms with Gasteiger partial charge in [-0.1, -0.05) is 12.2 Å². The molecule has 3 nitrogen and oxygen atoms in total. The van der Waals surface area contributed by atoms with E-state index in [0.717, 1.165) is 0 Å². The van der Waals surface area contributed by atoms with Gasteiger partial charge in [-0.3, -0.25) is 4.79 Å². The van der Waals surface area contributed by atoms with Crippen molar-refractivity contribution in [2.45, 2.75) is 13.3 Å². The van der Waals surface area contributed by atoms with E-state index in [1.807, 2.05) is 6.92 Å². The number of nitrogens with zero attached hydrogens (tertiary/aromatic N) is 1. The van der Waals surface area contributed by atoms with Crippen LogP contribution in [0.1, 0.15) is 23.7 Å². The third kappa shape index (κ3) is 4.03. The van der Waals surface area contributed by atoms with E-state index in [1.165, 1.54) is 18.2 Å². The van der Waals surface area contributed by atoms with Crippen LogP contribution in [-0.2, 0) is 0 Å². The fraction of sp³-hybridized carbons (Fsp3) is 0.333. The molecule has 98 valence electrons. The Morgan fingerprint density at radius 1 is 1.56 bits per heavy atom. The second-order valence-corrected chi connectivity index (χ2v) is 5.10. The van der Waals surface area contributed by atoms with Crippen molar-refractivity contribution < 1.29 is 9.18 Å². The smallest absolute Gasteiger partial charge is 0.255 e. The highest BCUT2D eigenvalue weighted by Crippen LogP contribution is 2.19. The SMILES string of the molecule is CCN(CCC(N)=S)C(=O)c1ccc(F)cc1Br. The Morgan fingerprint density at radius 2 is 2.22 bits per heavy atom. The lowest BCUT2D eigenvalue weighted by molar-refractivity contribution is 0.0768. The number of amides is 1. The average Bonchev–Trinajstić information content (AvgIpc) is 2.29. The minimum atomic E-state index is -0.385. The van der Waals surface area contributed by atoms with Crippen molar-refractivity contribution in [3.05, 3.63) is 34.1 Å². The molecular formula is C12H14BrFN2OS. The maximum Gasteiger partial charge on any atom is 0.255 e. The predicted molar refractivity (Wildman–Crippen MR) is 77.1 cm³/mol. The van der Waals surface area contributed by atoms with E-state index in [0.29, 0.717) is 34.5 Å². The van der Waals surface area contributed by atoms with Crippen molar-refractivity contribution in [3.63, 3.8) is 0 Å². The molecule has 1 aromatic rings. The number of halogens is 2. The number of carbonyl (C=O) groups excluding carboxylic acids is 1. The summed E-state index contributed by atoms with van der Waals surface area (Å²) in [5, 5.41) is 0. The predicted octanol–water partition coefficient (Wildman–Crippen LogP) is 2.73. The molecule has 0 unspecified atom stereocenters. The Morgan fingerprint density at radius 3 is 2.72 bits per heavy atom. The number of thiocarbonyl (C=S) groups is 1. The molecule has 1 amide bonds. The normalized spacial score (nSPS) is 10.2. The molecule has 18 heavy (non-hydrogen) atoms. The monoisotopic (exact) mass is 332 g/mol. The van der Waals surface area contributed by atoms with Gasteiger partial charge in [0.1, 0.15) is 5.82 Å². The molecule has 0 atom stereocenters. The van der Waals surface area contributed by atoms with Crippen LogP contribution < -0.4 is 5.73 Å². The third-order valence-corrected chi connectivity index (χ3v) is 3.32. The van der Waals surface area contributed by atoms with Crippen LogP contribution in [-0.4, -0.2) is 28.9 Å². The van der Waals surface area contributed by atoms with Gasteiger partial charge in [-0.25, -0.2) is 4.39 Å². The third-order valence-electron chi connectivity index (χ3n) is 2.46. The van der Waals surface area contributed by atoms with Gasteiger partial charge in [0.2, 0.25) is 0 Å². The lowest BCUT2D eigenvalue weighted by Gasteiger charge is -2.21. The van der Waals surface area contributed by atoms with Gasteiger partial charge in [-0.05, 0) is 41.1 Å². The van der Waals surface area contributed by atoms with Gasteiger partial charge >= 0.3 is 0 Å². The van der Waals surface area contributed by atoms with Crippen molar-refractivity contribution in [3.8, 4) is 0 Å². The highest BCUT2D eigenvalue weighted by atomic mass is 79.9. The zero-order valence-corrected chi connectivity index (χ0v) is 12.4. The number of hydrogen-bond donors (Lipinski definition) is 1. The number of nitrogens with two attached hydrogens (primary N) is 1. The van der Waals surface area contributed by atoms with Crippen molar-refractivity contribution >= 4 is 39.0 Å². The molecule has 0 heterocycles. The Hall–Kier alpha value is -1.01. The maximum absolute atomic E-state index is 13.0. The molecule has 0 aromatic heterocycles. The number of hydrogen-bond acceptors (Lipinski definition) is 2. The highest BCUT2D eigenvalue weighted by Gasteiger charge is 2.17. The molecule has 0 fully saturated rings. The summed E-state index contributed by atoms with van der Waals surface area (Å²) in [4.78, 5) is 14.2. The Balaban J connectivity index is 2.86. The van der Waals surface area contributed by atoms with Crippen LogP contribution in [0.3, 0.4) is 0 Å². The molecule has 1 rings (SSSR count). The summed E-state index contributed by atoms with van der Waals surface area (Å²) in [7, 11) is 0. The molecule has 1 aromatic carbocycles. The largest absolute Gasteiger partial charge is 0.393 e. The maximum atomic E-state index is 13.0. The van der Waals surface area contributed by atoms with E-state index in [4.69, 9.17) is 18.0 Å². The van der Waals surface area contributed by atoms with Crippen LogP contribution >= 0.6 is 28.1 Å². The summed E-state index contributed by atoms with van der Waals surface area (Å²) in [6.45, 7) is 2.88. The molecule has 0 bridgehead atoms. The quantitative estimate of drug-likeness (QED) is 0.843. The molecule has 6 heteroatoms. The van der Waals surface area contributed by atoms with Gasteiger partial charge in [0.15, 0.2) is 0 Å². The first-order valence-corrected chi connectivity index (χ1v) is 6.68. The number of rotatable bonds is 5. The fourth-order valence-corrected chi connectivity index (χ4v) is 2.09. The van der Waals surface area contributed by atoms with E-state index in [1.54, 1.807) is 4.90 Å². The fourth-order valence-electron chi connectivity index (χ4n) is 1.48. The van der Waals surface area contributed by atoms with Crippen LogP contribution in [0, 0.1) is 5.82 Å². The average molecular weight is 333 g/mol. The Kier molecular flexibility index (Phi) is 5.68. The Labute approximate surface area is 119 Å². The summed E-state index contributed by atoms with van der Waals surface area (Å²) in [5.41, 5.74) is 5.85. The minimum absolute atomic E-state index is 0.166. The van der Waals surface area contributed by atoms with Crippen LogP contribution in [0.5, 0.6) is 0 Å². The molecule has 0 saturated heterocycles. The van der Waals surface area contributed by atoms with Crippen molar-refractivity contribution in [2.24, 2.45) is 5.73 Å². The summed E-state index contributed by atoms with van der Waals surface area (Å²) >= 11 is 7.98. The van der Waals surface area contributed by atoms with E-state index in [-0.39, 0.29) is 11.7 Å². The molecule has 0 saturated carbocycles. The lowest BCUT2D eigenvalue weighted by atomic mass is 10.2.